The monoisotopic (exact) mass is 273 g/mol. The quantitative estimate of drug-likeness (QED) is 0.638. The summed E-state index contributed by atoms with van der Waals surface area (Å²) in [5.74, 6) is 0.351. The highest BCUT2D eigenvalue weighted by Gasteiger charge is 2.13. The smallest absolute Gasteiger partial charge is 0.0704 e. The van der Waals surface area contributed by atoms with Crippen molar-refractivity contribution < 1.29 is 0 Å². The molecule has 0 spiro atoms. The van der Waals surface area contributed by atoms with Gasteiger partial charge in [0.2, 0.25) is 0 Å². The molecule has 0 aliphatic heterocycles. The Hall–Kier alpha value is -2.41. The molecule has 1 aromatic heterocycles. The van der Waals surface area contributed by atoms with Crippen molar-refractivity contribution in [2.45, 2.75) is 19.8 Å². The second-order valence-electron chi connectivity index (χ2n) is 5.43. The van der Waals surface area contributed by atoms with E-state index in [2.05, 4.69) is 73.4 Å². The van der Waals surface area contributed by atoms with Gasteiger partial charge in [0.25, 0.3) is 0 Å². The van der Waals surface area contributed by atoms with Crippen LogP contribution in [0, 0.1) is 6.92 Å². The fourth-order valence-corrected chi connectivity index (χ4v) is 2.66. The summed E-state index contributed by atoms with van der Waals surface area (Å²) in [6, 6.07) is 23.4. The van der Waals surface area contributed by atoms with Crippen LogP contribution in [-0.2, 0) is 0 Å². The number of rotatable bonds is 3. The first-order chi connectivity index (χ1) is 10.3. The second-order valence-corrected chi connectivity index (χ2v) is 5.43. The van der Waals surface area contributed by atoms with Crippen molar-refractivity contribution >= 4 is 0 Å². The van der Waals surface area contributed by atoms with Gasteiger partial charge < -0.3 is 0 Å². The zero-order chi connectivity index (χ0) is 14.7. The highest BCUT2D eigenvalue weighted by molar-refractivity contribution is 5.65. The van der Waals surface area contributed by atoms with Crippen molar-refractivity contribution in [1.82, 2.24) is 4.98 Å². The van der Waals surface area contributed by atoms with Crippen LogP contribution < -0.4 is 0 Å². The molecule has 1 unspecified atom stereocenters. The molecule has 3 rings (SSSR count). The zero-order valence-corrected chi connectivity index (χ0v) is 12.5. The van der Waals surface area contributed by atoms with Gasteiger partial charge in [0.05, 0.1) is 5.69 Å². The van der Waals surface area contributed by atoms with E-state index in [1.54, 1.807) is 0 Å². The summed E-state index contributed by atoms with van der Waals surface area (Å²) in [6.45, 7) is 4.38. The molecule has 0 aliphatic rings. The van der Waals surface area contributed by atoms with Gasteiger partial charge in [0.15, 0.2) is 0 Å². The Morgan fingerprint density at radius 3 is 2.24 bits per heavy atom. The molecule has 0 bridgehead atoms. The van der Waals surface area contributed by atoms with Gasteiger partial charge in [-0.1, -0.05) is 67.1 Å². The van der Waals surface area contributed by atoms with E-state index in [-0.39, 0.29) is 0 Å². The molecule has 3 aromatic rings. The van der Waals surface area contributed by atoms with Gasteiger partial charge in [-0.15, -0.1) is 0 Å². The number of hydrogen-bond donors (Lipinski definition) is 0. The lowest BCUT2D eigenvalue weighted by molar-refractivity contribution is 0.922. The van der Waals surface area contributed by atoms with Crippen LogP contribution >= 0.6 is 0 Å². The number of nitrogens with zero attached hydrogens (tertiary/aromatic N) is 1. The minimum Gasteiger partial charge on any atom is -0.256 e. The van der Waals surface area contributed by atoms with Crippen molar-refractivity contribution in [3.63, 3.8) is 0 Å². The Kier molecular flexibility index (Phi) is 3.83. The van der Waals surface area contributed by atoms with Gasteiger partial charge >= 0.3 is 0 Å². The van der Waals surface area contributed by atoms with Crippen LogP contribution in [0.25, 0.3) is 11.3 Å². The molecule has 1 nitrogen and oxygen atoms in total. The van der Waals surface area contributed by atoms with Crippen molar-refractivity contribution in [1.29, 1.82) is 0 Å². The lowest BCUT2D eigenvalue weighted by Crippen LogP contribution is -1.99. The van der Waals surface area contributed by atoms with Crippen LogP contribution in [-0.4, -0.2) is 4.98 Å². The minimum atomic E-state index is 0.351. The number of benzene rings is 2. The van der Waals surface area contributed by atoms with Crippen LogP contribution in [0.15, 0.2) is 72.9 Å². The summed E-state index contributed by atoms with van der Waals surface area (Å²) < 4.78 is 0. The molecule has 0 radical (unpaired) electrons. The van der Waals surface area contributed by atoms with Gasteiger partial charge in [0, 0.05) is 17.7 Å². The van der Waals surface area contributed by atoms with Crippen LogP contribution in [0.4, 0.5) is 0 Å². The molecular formula is C20H19N. The Morgan fingerprint density at radius 2 is 1.52 bits per heavy atom. The summed E-state index contributed by atoms with van der Waals surface area (Å²) in [7, 11) is 0. The summed E-state index contributed by atoms with van der Waals surface area (Å²) in [5.41, 5.74) is 6.20. The lowest BCUT2D eigenvalue weighted by Gasteiger charge is -2.17. The van der Waals surface area contributed by atoms with E-state index in [1.807, 2.05) is 18.3 Å². The predicted molar refractivity (Wildman–Crippen MR) is 88.4 cm³/mol. The van der Waals surface area contributed by atoms with Crippen LogP contribution in [0.2, 0.25) is 0 Å². The van der Waals surface area contributed by atoms with Crippen molar-refractivity contribution in [2.75, 3.05) is 0 Å². The number of pyridine rings is 1. The van der Waals surface area contributed by atoms with Crippen molar-refractivity contribution in [3.05, 3.63) is 89.6 Å². The van der Waals surface area contributed by atoms with E-state index in [0.29, 0.717) is 5.92 Å². The fourth-order valence-electron chi connectivity index (χ4n) is 2.66. The molecule has 0 aliphatic carbocycles. The molecule has 2 aromatic carbocycles. The number of aromatic nitrogens is 1. The molecular weight excluding hydrogens is 254 g/mol. The summed E-state index contributed by atoms with van der Waals surface area (Å²) in [5, 5.41) is 0. The van der Waals surface area contributed by atoms with E-state index in [9.17, 15) is 0 Å². The molecule has 0 saturated heterocycles. The number of aryl methyl sites for hydroxylation is 1. The maximum absolute atomic E-state index is 4.50. The SMILES string of the molecule is Cc1ccc(C(C)c2ccccc2-c2ccccn2)cc1. The molecule has 0 fully saturated rings. The van der Waals surface area contributed by atoms with Gasteiger partial charge in [-0.2, -0.15) is 0 Å². The minimum absolute atomic E-state index is 0.351. The van der Waals surface area contributed by atoms with E-state index in [0.717, 1.165) is 5.69 Å². The summed E-state index contributed by atoms with van der Waals surface area (Å²) in [4.78, 5) is 4.50. The topological polar surface area (TPSA) is 12.9 Å². The molecule has 0 N–H and O–H groups in total. The third-order valence-corrected chi connectivity index (χ3v) is 3.95. The lowest BCUT2D eigenvalue weighted by atomic mass is 9.88. The molecule has 0 amide bonds. The van der Waals surface area contributed by atoms with E-state index in [1.165, 1.54) is 22.3 Å². The highest BCUT2D eigenvalue weighted by Crippen LogP contribution is 2.32. The first-order valence-corrected chi connectivity index (χ1v) is 7.32. The van der Waals surface area contributed by atoms with E-state index < -0.39 is 0 Å². The van der Waals surface area contributed by atoms with Gasteiger partial charge in [-0.3, -0.25) is 4.98 Å². The highest BCUT2D eigenvalue weighted by atomic mass is 14.7. The zero-order valence-electron chi connectivity index (χ0n) is 12.5. The van der Waals surface area contributed by atoms with Crippen LogP contribution in [0.1, 0.15) is 29.5 Å². The van der Waals surface area contributed by atoms with Crippen molar-refractivity contribution in [2.24, 2.45) is 0 Å². The van der Waals surface area contributed by atoms with Gasteiger partial charge in [-0.05, 0) is 30.2 Å². The average molecular weight is 273 g/mol. The predicted octanol–water partition coefficient (Wildman–Crippen LogP) is 5.21. The van der Waals surface area contributed by atoms with Gasteiger partial charge in [0.1, 0.15) is 0 Å². The normalized spacial score (nSPS) is 12.1. The number of hydrogen-bond acceptors (Lipinski definition) is 1. The van der Waals surface area contributed by atoms with Crippen LogP contribution in [0.5, 0.6) is 0 Å². The Labute approximate surface area is 126 Å². The van der Waals surface area contributed by atoms with E-state index >= 15 is 0 Å². The molecule has 104 valence electrons. The third-order valence-electron chi connectivity index (χ3n) is 3.95. The maximum atomic E-state index is 4.50. The maximum Gasteiger partial charge on any atom is 0.0704 e. The van der Waals surface area contributed by atoms with Crippen LogP contribution in [0.3, 0.4) is 0 Å². The standard InChI is InChI=1S/C20H19N/c1-15-10-12-17(13-11-15)16(2)18-7-3-4-8-19(18)20-9-5-6-14-21-20/h3-14,16H,1-2H3. The van der Waals surface area contributed by atoms with E-state index in [4.69, 9.17) is 0 Å². The molecule has 1 heterocycles. The fraction of sp³-hybridized carbons (Fsp3) is 0.150. The second kappa shape index (κ2) is 5.92. The largest absolute Gasteiger partial charge is 0.256 e. The molecule has 1 atom stereocenters. The molecule has 0 saturated carbocycles. The molecule has 21 heavy (non-hydrogen) atoms. The van der Waals surface area contributed by atoms with Gasteiger partial charge in [-0.25, -0.2) is 0 Å². The average Bonchev–Trinajstić information content (AvgIpc) is 2.56. The Bertz CT molecular complexity index is 714. The summed E-state index contributed by atoms with van der Waals surface area (Å²) in [6.07, 6.45) is 1.85. The Morgan fingerprint density at radius 1 is 0.810 bits per heavy atom. The first-order valence-electron chi connectivity index (χ1n) is 7.32. The third kappa shape index (κ3) is 2.87. The summed E-state index contributed by atoms with van der Waals surface area (Å²) >= 11 is 0. The Balaban J connectivity index is 2.05. The first kappa shape index (κ1) is 13.6. The van der Waals surface area contributed by atoms with Crippen molar-refractivity contribution in [3.8, 4) is 11.3 Å². The molecule has 1 heteroatoms.